The molecule has 0 unspecified atom stereocenters. The highest BCUT2D eigenvalue weighted by Crippen LogP contribution is 2.24. The van der Waals surface area contributed by atoms with Gasteiger partial charge in [-0.15, -0.1) is 23.1 Å². The van der Waals surface area contributed by atoms with Gasteiger partial charge in [-0.1, -0.05) is 12.1 Å². The van der Waals surface area contributed by atoms with Crippen molar-refractivity contribution >= 4 is 45.6 Å². The van der Waals surface area contributed by atoms with Crippen molar-refractivity contribution in [3.63, 3.8) is 0 Å². The van der Waals surface area contributed by atoms with Crippen LogP contribution in [0.1, 0.15) is 21.7 Å². The zero-order chi connectivity index (χ0) is 23.4. The molecule has 2 aromatic carbocycles. The van der Waals surface area contributed by atoms with Crippen LogP contribution in [0.2, 0.25) is 0 Å². The van der Waals surface area contributed by atoms with Crippen LogP contribution in [0.25, 0.3) is 4.96 Å². The summed E-state index contributed by atoms with van der Waals surface area (Å²) in [5, 5.41) is 4.51. The third-order valence-corrected chi connectivity index (χ3v) is 6.59. The first-order valence-electron chi connectivity index (χ1n) is 9.82. The Morgan fingerprint density at radius 1 is 1.18 bits per heavy atom. The number of hydrogen-bond donors (Lipinski definition) is 1. The van der Waals surface area contributed by atoms with Crippen molar-refractivity contribution in [3.05, 3.63) is 93.1 Å². The van der Waals surface area contributed by atoms with Crippen molar-refractivity contribution in [3.8, 4) is 0 Å². The summed E-state index contributed by atoms with van der Waals surface area (Å²) in [6.45, 7) is 1.67. The van der Waals surface area contributed by atoms with E-state index in [1.807, 2.05) is 12.3 Å². The summed E-state index contributed by atoms with van der Waals surface area (Å²) in [7, 11) is 0. The summed E-state index contributed by atoms with van der Waals surface area (Å²) in [4.78, 5) is 42.7. The number of ether oxygens (including phenoxy) is 1. The van der Waals surface area contributed by atoms with E-state index in [1.54, 1.807) is 24.3 Å². The molecular weight excluding hydrogens is 465 g/mol. The number of thiazole rings is 1. The molecule has 0 fully saturated rings. The third kappa shape index (κ3) is 5.47. The van der Waals surface area contributed by atoms with Crippen molar-refractivity contribution < 1.29 is 18.7 Å². The summed E-state index contributed by atoms with van der Waals surface area (Å²) in [5.41, 5.74) is 1.72. The lowest BCUT2D eigenvalue weighted by atomic mass is 10.2. The van der Waals surface area contributed by atoms with Gasteiger partial charge in [-0.25, -0.2) is 14.2 Å². The standard InChI is InChI=1S/C23H18FN3O4S2/c1-14-12-33-23-26-17(10-21(29)27(14)23)11-31-22(30)18-4-2-3-5-19(18)32-13-20(28)25-16-8-6-15(24)7-9-16/h2-10,12H,11,13H2,1H3,(H,25,28). The van der Waals surface area contributed by atoms with Gasteiger partial charge in [0.05, 0.1) is 17.0 Å². The molecule has 0 aliphatic carbocycles. The van der Waals surface area contributed by atoms with Crippen LogP contribution in [0.3, 0.4) is 0 Å². The molecule has 0 radical (unpaired) electrons. The number of fused-ring (bicyclic) bond motifs is 1. The quantitative estimate of drug-likeness (QED) is 0.312. The Kier molecular flexibility index (Phi) is 6.85. The maximum absolute atomic E-state index is 13.0. The van der Waals surface area contributed by atoms with Crippen LogP contribution in [0.5, 0.6) is 0 Å². The Labute approximate surface area is 196 Å². The minimum Gasteiger partial charge on any atom is -0.456 e. The monoisotopic (exact) mass is 483 g/mol. The first-order valence-corrected chi connectivity index (χ1v) is 11.7. The highest BCUT2D eigenvalue weighted by Gasteiger charge is 2.15. The van der Waals surface area contributed by atoms with Crippen molar-refractivity contribution in [2.24, 2.45) is 0 Å². The van der Waals surface area contributed by atoms with Crippen LogP contribution in [0.15, 0.2) is 69.7 Å². The molecule has 1 N–H and O–H groups in total. The Morgan fingerprint density at radius 3 is 2.73 bits per heavy atom. The van der Waals surface area contributed by atoms with E-state index in [0.717, 1.165) is 5.69 Å². The first kappa shape index (κ1) is 22.7. The predicted molar refractivity (Wildman–Crippen MR) is 125 cm³/mol. The van der Waals surface area contributed by atoms with E-state index in [0.29, 0.717) is 26.8 Å². The number of anilines is 1. The van der Waals surface area contributed by atoms with Gasteiger partial charge in [0.1, 0.15) is 12.4 Å². The number of halogens is 1. The van der Waals surface area contributed by atoms with Gasteiger partial charge in [0.2, 0.25) is 5.91 Å². The second-order valence-corrected chi connectivity index (χ2v) is 8.85. The molecule has 4 rings (SSSR count). The third-order valence-electron chi connectivity index (χ3n) is 4.57. The van der Waals surface area contributed by atoms with Crippen molar-refractivity contribution in [2.45, 2.75) is 18.4 Å². The molecule has 0 saturated carbocycles. The van der Waals surface area contributed by atoms with Gasteiger partial charge < -0.3 is 10.1 Å². The summed E-state index contributed by atoms with van der Waals surface area (Å²) in [6, 6.07) is 13.6. The fourth-order valence-corrected chi connectivity index (χ4v) is 4.76. The lowest BCUT2D eigenvalue weighted by Gasteiger charge is -2.10. The lowest BCUT2D eigenvalue weighted by Crippen LogP contribution is -2.16. The average molecular weight is 484 g/mol. The Hall–Kier alpha value is -3.50. The predicted octanol–water partition coefficient (Wildman–Crippen LogP) is 4.29. The van der Waals surface area contributed by atoms with Crippen molar-refractivity contribution in [1.82, 2.24) is 9.38 Å². The second kappa shape index (κ2) is 9.97. The molecule has 10 heteroatoms. The Balaban J connectivity index is 1.39. The van der Waals surface area contributed by atoms with Crippen LogP contribution in [-0.2, 0) is 16.1 Å². The van der Waals surface area contributed by atoms with Gasteiger partial charge in [-0.2, -0.15) is 0 Å². The van der Waals surface area contributed by atoms with E-state index in [2.05, 4.69) is 10.3 Å². The van der Waals surface area contributed by atoms with E-state index in [9.17, 15) is 18.8 Å². The van der Waals surface area contributed by atoms with E-state index < -0.39 is 5.97 Å². The molecule has 4 aromatic rings. The molecular formula is C23H18FN3O4S2. The van der Waals surface area contributed by atoms with E-state index in [4.69, 9.17) is 4.74 Å². The van der Waals surface area contributed by atoms with Gasteiger partial charge in [0.15, 0.2) is 4.96 Å². The number of nitrogens with one attached hydrogen (secondary N) is 1. The number of amides is 1. The maximum atomic E-state index is 13.0. The fourth-order valence-electron chi connectivity index (χ4n) is 3.03. The van der Waals surface area contributed by atoms with E-state index in [1.165, 1.54) is 57.8 Å². The molecule has 0 aliphatic heterocycles. The lowest BCUT2D eigenvalue weighted by molar-refractivity contribution is -0.113. The number of aromatic nitrogens is 2. The zero-order valence-electron chi connectivity index (χ0n) is 17.4. The normalized spacial score (nSPS) is 10.8. The zero-order valence-corrected chi connectivity index (χ0v) is 19.0. The van der Waals surface area contributed by atoms with Gasteiger partial charge in [0.25, 0.3) is 5.56 Å². The van der Waals surface area contributed by atoms with Crippen LogP contribution in [-0.4, -0.2) is 27.0 Å². The molecule has 0 atom stereocenters. The number of hydrogen-bond acceptors (Lipinski definition) is 7. The average Bonchev–Trinajstić information content (AvgIpc) is 3.19. The number of rotatable bonds is 7. The van der Waals surface area contributed by atoms with Gasteiger partial charge in [-0.05, 0) is 43.3 Å². The number of benzene rings is 2. The molecule has 0 spiro atoms. The Morgan fingerprint density at radius 2 is 1.94 bits per heavy atom. The molecule has 33 heavy (non-hydrogen) atoms. The summed E-state index contributed by atoms with van der Waals surface area (Å²) < 4.78 is 19.9. The minimum atomic E-state index is -0.582. The van der Waals surface area contributed by atoms with Crippen LogP contribution < -0.4 is 10.9 Å². The summed E-state index contributed by atoms with van der Waals surface area (Å²) in [5.74, 6) is -1.21. The molecule has 2 aromatic heterocycles. The SMILES string of the molecule is Cc1csc2nc(COC(=O)c3ccccc3SCC(=O)Nc3ccc(F)cc3)cc(=O)n12. The number of carbonyl (C=O) groups is 2. The highest BCUT2D eigenvalue weighted by molar-refractivity contribution is 8.00. The maximum Gasteiger partial charge on any atom is 0.339 e. The largest absolute Gasteiger partial charge is 0.456 e. The number of carbonyl (C=O) groups excluding carboxylic acids is 2. The van der Waals surface area contributed by atoms with Crippen LogP contribution in [0, 0.1) is 12.7 Å². The molecule has 7 nitrogen and oxygen atoms in total. The summed E-state index contributed by atoms with van der Waals surface area (Å²) in [6.07, 6.45) is 0. The molecule has 0 aliphatic rings. The molecule has 0 bridgehead atoms. The highest BCUT2D eigenvalue weighted by atomic mass is 32.2. The molecule has 2 heterocycles. The smallest absolute Gasteiger partial charge is 0.339 e. The van der Waals surface area contributed by atoms with Gasteiger partial charge in [-0.3, -0.25) is 14.0 Å². The van der Waals surface area contributed by atoms with Crippen LogP contribution >= 0.6 is 23.1 Å². The fraction of sp³-hybridized carbons (Fsp3) is 0.130. The second-order valence-electron chi connectivity index (χ2n) is 7.00. The number of nitrogens with zero attached hydrogens (tertiary/aromatic N) is 2. The van der Waals surface area contributed by atoms with Crippen molar-refractivity contribution in [2.75, 3.05) is 11.1 Å². The summed E-state index contributed by atoms with van der Waals surface area (Å²) >= 11 is 2.52. The van der Waals surface area contributed by atoms with Gasteiger partial charge >= 0.3 is 5.97 Å². The topological polar surface area (TPSA) is 89.8 Å². The number of aryl methyl sites for hydroxylation is 1. The van der Waals surface area contributed by atoms with E-state index >= 15 is 0 Å². The Bertz CT molecular complexity index is 1380. The van der Waals surface area contributed by atoms with E-state index in [-0.39, 0.29) is 29.6 Å². The minimum absolute atomic E-state index is 0.0500. The molecule has 0 saturated heterocycles. The molecule has 168 valence electrons. The molecule has 1 amide bonds. The van der Waals surface area contributed by atoms with Gasteiger partial charge in [0, 0.05) is 27.7 Å². The van der Waals surface area contributed by atoms with Crippen LogP contribution in [0.4, 0.5) is 10.1 Å². The number of thioether (sulfide) groups is 1. The number of esters is 1. The van der Waals surface area contributed by atoms with Crippen molar-refractivity contribution in [1.29, 1.82) is 0 Å². The first-order chi connectivity index (χ1) is 15.9.